The summed E-state index contributed by atoms with van der Waals surface area (Å²) in [6.07, 6.45) is 3.75. The van der Waals surface area contributed by atoms with Gasteiger partial charge in [-0.05, 0) is 25.0 Å². The summed E-state index contributed by atoms with van der Waals surface area (Å²) in [5.41, 5.74) is 3.87. The molecule has 1 aromatic heterocycles. The van der Waals surface area contributed by atoms with Crippen LogP contribution >= 0.6 is 0 Å². The number of hydrogen-bond acceptors (Lipinski definition) is 3. The third kappa shape index (κ3) is 3.41. The molecule has 0 atom stereocenters. The molecule has 0 aliphatic carbocycles. The third-order valence-electron chi connectivity index (χ3n) is 3.40. The predicted molar refractivity (Wildman–Crippen MR) is 80.7 cm³/mol. The van der Waals surface area contributed by atoms with Gasteiger partial charge in [0.25, 0.3) is 0 Å². The number of hydrogen-bond donors (Lipinski definition) is 2. The number of rotatable bonds is 5. The molecule has 6 nitrogen and oxygen atoms in total. The molecule has 1 aromatic carbocycles. The van der Waals surface area contributed by atoms with Gasteiger partial charge in [0.05, 0.1) is 13.0 Å². The summed E-state index contributed by atoms with van der Waals surface area (Å²) in [4.78, 5) is 23.7. The molecule has 3 N–H and O–H groups in total. The highest BCUT2D eigenvalue weighted by Crippen LogP contribution is 2.11. The van der Waals surface area contributed by atoms with Crippen molar-refractivity contribution >= 4 is 5.91 Å². The van der Waals surface area contributed by atoms with E-state index in [4.69, 9.17) is 5.84 Å². The second-order valence-electron chi connectivity index (χ2n) is 5.22. The average Bonchev–Trinajstić information content (AvgIpc) is 2.82. The van der Waals surface area contributed by atoms with Crippen molar-refractivity contribution in [2.45, 2.75) is 32.9 Å². The van der Waals surface area contributed by atoms with E-state index in [-0.39, 0.29) is 24.1 Å². The van der Waals surface area contributed by atoms with Crippen LogP contribution in [0.25, 0.3) is 0 Å². The molecule has 112 valence electrons. The molecular weight excluding hydrogens is 268 g/mol. The van der Waals surface area contributed by atoms with Crippen LogP contribution in [0.1, 0.15) is 31.0 Å². The van der Waals surface area contributed by atoms with Crippen LogP contribution in [0.15, 0.2) is 41.5 Å². The van der Waals surface area contributed by atoms with Gasteiger partial charge < -0.3 is 0 Å². The van der Waals surface area contributed by atoms with E-state index in [9.17, 15) is 9.59 Å². The Kier molecular flexibility index (Phi) is 4.59. The van der Waals surface area contributed by atoms with E-state index in [0.29, 0.717) is 6.54 Å². The maximum Gasteiger partial charge on any atom is 0.328 e. The fraction of sp³-hybridized carbons (Fsp3) is 0.333. The molecule has 0 bridgehead atoms. The number of aromatic nitrogens is 2. The highest BCUT2D eigenvalue weighted by atomic mass is 16.2. The van der Waals surface area contributed by atoms with Gasteiger partial charge in [0, 0.05) is 18.4 Å². The lowest BCUT2D eigenvalue weighted by atomic mass is 10.0. The van der Waals surface area contributed by atoms with Gasteiger partial charge in [-0.15, -0.1) is 0 Å². The Morgan fingerprint density at radius 2 is 1.90 bits per heavy atom. The lowest BCUT2D eigenvalue weighted by Crippen LogP contribution is -2.32. The normalized spacial score (nSPS) is 10.9. The Bertz CT molecular complexity index is 685. The number of nitrogens with zero attached hydrogens (tertiary/aromatic N) is 2. The zero-order valence-electron chi connectivity index (χ0n) is 12.2. The zero-order chi connectivity index (χ0) is 15.4. The number of carbonyl (C=O) groups is 1. The van der Waals surface area contributed by atoms with Gasteiger partial charge in [-0.3, -0.25) is 19.4 Å². The summed E-state index contributed by atoms with van der Waals surface area (Å²) in [5, 5.41) is 0. The number of carbonyl (C=O) groups excluding carboxylic acids is 1. The van der Waals surface area contributed by atoms with Crippen molar-refractivity contribution in [3.8, 4) is 0 Å². The Morgan fingerprint density at radius 3 is 2.48 bits per heavy atom. The van der Waals surface area contributed by atoms with E-state index in [1.807, 2.05) is 38.1 Å². The smallest absolute Gasteiger partial charge is 0.297 e. The van der Waals surface area contributed by atoms with Gasteiger partial charge in [0.1, 0.15) is 0 Å². The number of nitrogens with one attached hydrogen (secondary N) is 1. The first-order valence-corrected chi connectivity index (χ1v) is 6.86. The van der Waals surface area contributed by atoms with Crippen molar-refractivity contribution in [1.82, 2.24) is 14.6 Å². The molecule has 0 saturated carbocycles. The predicted octanol–water partition coefficient (Wildman–Crippen LogP) is 0.811. The molecule has 1 amide bonds. The summed E-state index contributed by atoms with van der Waals surface area (Å²) in [6, 6.07) is 7.67. The fourth-order valence-electron chi connectivity index (χ4n) is 2.23. The first kappa shape index (κ1) is 15.1. The maximum atomic E-state index is 12.2. The third-order valence-corrected chi connectivity index (χ3v) is 3.40. The zero-order valence-corrected chi connectivity index (χ0v) is 12.2. The molecule has 2 aromatic rings. The van der Waals surface area contributed by atoms with E-state index in [1.54, 1.807) is 21.5 Å². The van der Waals surface area contributed by atoms with E-state index < -0.39 is 0 Å². The molecule has 1 heterocycles. The Hall–Kier alpha value is -2.34. The summed E-state index contributed by atoms with van der Waals surface area (Å²) in [5.74, 6) is 4.87. The Labute approximate surface area is 123 Å². The Balaban J connectivity index is 2.28. The summed E-state index contributed by atoms with van der Waals surface area (Å²) >= 11 is 0. The first-order chi connectivity index (χ1) is 10.0. The minimum atomic E-state index is -0.255. The topological polar surface area (TPSA) is 82.1 Å². The SMILES string of the molecule is CC(C)n1ccn(Cc2ccccc2CC(=O)NN)c1=O. The monoisotopic (exact) mass is 288 g/mol. The number of hydrazine groups is 1. The number of nitrogens with two attached hydrogens (primary N) is 1. The van der Waals surface area contributed by atoms with E-state index in [0.717, 1.165) is 11.1 Å². The fourth-order valence-corrected chi connectivity index (χ4v) is 2.23. The van der Waals surface area contributed by atoms with Gasteiger partial charge >= 0.3 is 5.69 Å². The van der Waals surface area contributed by atoms with Crippen LogP contribution in [0.5, 0.6) is 0 Å². The highest BCUT2D eigenvalue weighted by Gasteiger charge is 2.10. The standard InChI is InChI=1S/C15H20N4O2/c1-11(2)19-8-7-18(15(19)21)10-13-6-4-3-5-12(13)9-14(20)17-16/h3-8,11H,9-10,16H2,1-2H3,(H,17,20). The summed E-state index contributed by atoms with van der Waals surface area (Å²) < 4.78 is 3.31. The van der Waals surface area contributed by atoms with Gasteiger partial charge in [-0.1, -0.05) is 24.3 Å². The van der Waals surface area contributed by atoms with Crippen molar-refractivity contribution in [2.24, 2.45) is 5.84 Å². The van der Waals surface area contributed by atoms with Gasteiger partial charge in [0.2, 0.25) is 5.91 Å². The molecule has 6 heteroatoms. The van der Waals surface area contributed by atoms with Crippen LogP contribution in [0.4, 0.5) is 0 Å². The highest BCUT2D eigenvalue weighted by molar-refractivity contribution is 5.78. The number of imidazole rings is 1. The molecule has 0 unspecified atom stereocenters. The second kappa shape index (κ2) is 6.41. The van der Waals surface area contributed by atoms with Crippen molar-refractivity contribution in [3.63, 3.8) is 0 Å². The van der Waals surface area contributed by atoms with E-state index >= 15 is 0 Å². The molecule has 0 radical (unpaired) electrons. The molecular formula is C15H20N4O2. The minimum absolute atomic E-state index is 0.0527. The van der Waals surface area contributed by atoms with E-state index in [1.165, 1.54) is 0 Å². The summed E-state index contributed by atoms with van der Waals surface area (Å²) in [6.45, 7) is 4.36. The van der Waals surface area contributed by atoms with Crippen molar-refractivity contribution in [3.05, 3.63) is 58.3 Å². The maximum absolute atomic E-state index is 12.2. The second-order valence-corrected chi connectivity index (χ2v) is 5.22. The van der Waals surface area contributed by atoms with Crippen LogP contribution in [0.3, 0.4) is 0 Å². The summed E-state index contributed by atoms with van der Waals surface area (Å²) in [7, 11) is 0. The molecule has 0 spiro atoms. The van der Waals surface area contributed by atoms with Gasteiger partial charge in [-0.2, -0.15) is 0 Å². The largest absolute Gasteiger partial charge is 0.328 e. The minimum Gasteiger partial charge on any atom is -0.297 e. The Morgan fingerprint density at radius 1 is 1.24 bits per heavy atom. The molecule has 0 aliphatic rings. The number of amides is 1. The lowest BCUT2D eigenvalue weighted by molar-refractivity contribution is -0.120. The first-order valence-electron chi connectivity index (χ1n) is 6.86. The quantitative estimate of drug-likeness (QED) is 0.485. The molecule has 0 fully saturated rings. The lowest BCUT2D eigenvalue weighted by Gasteiger charge is -2.09. The van der Waals surface area contributed by atoms with E-state index in [2.05, 4.69) is 5.43 Å². The average molecular weight is 288 g/mol. The molecule has 0 saturated heterocycles. The van der Waals surface area contributed by atoms with Crippen molar-refractivity contribution < 1.29 is 4.79 Å². The van der Waals surface area contributed by atoms with Crippen molar-refractivity contribution in [2.75, 3.05) is 0 Å². The van der Waals surface area contributed by atoms with Crippen LogP contribution < -0.4 is 17.0 Å². The molecule has 2 rings (SSSR count). The van der Waals surface area contributed by atoms with Crippen LogP contribution in [-0.2, 0) is 17.8 Å². The van der Waals surface area contributed by atoms with Crippen LogP contribution in [0.2, 0.25) is 0 Å². The molecule has 21 heavy (non-hydrogen) atoms. The van der Waals surface area contributed by atoms with Gasteiger partial charge in [-0.25, -0.2) is 10.6 Å². The van der Waals surface area contributed by atoms with Crippen LogP contribution in [-0.4, -0.2) is 15.0 Å². The van der Waals surface area contributed by atoms with Crippen LogP contribution in [0, 0.1) is 0 Å². The molecule has 0 aliphatic heterocycles. The van der Waals surface area contributed by atoms with Crippen molar-refractivity contribution in [1.29, 1.82) is 0 Å². The van der Waals surface area contributed by atoms with Gasteiger partial charge in [0.15, 0.2) is 0 Å². The number of benzene rings is 1.